The number of carbonyl (C=O) groups excluding carboxylic acids is 3. The highest BCUT2D eigenvalue weighted by molar-refractivity contribution is 6.09. The molecule has 7 heteroatoms. The van der Waals surface area contributed by atoms with Gasteiger partial charge in [0.2, 0.25) is 5.78 Å². The lowest BCUT2D eigenvalue weighted by Crippen LogP contribution is -2.17. The van der Waals surface area contributed by atoms with Crippen molar-refractivity contribution in [2.45, 2.75) is 20.8 Å². The number of hydrogen-bond acceptors (Lipinski definition) is 6. The molecule has 0 unspecified atom stereocenters. The van der Waals surface area contributed by atoms with Crippen LogP contribution in [-0.2, 0) is 14.3 Å². The Kier molecular flexibility index (Phi) is 5.94. The maximum atomic E-state index is 12.4. The molecule has 2 rings (SSSR count). The molecule has 0 aromatic carbocycles. The number of aryl methyl sites for hydroxylation is 2. The Bertz CT molecular complexity index is 798. The molecule has 0 amide bonds. The smallest absolute Gasteiger partial charge is 0.340 e. The lowest BCUT2D eigenvalue weighted by atomic mass is 10.1. The zero-order chi connectivity index (χ0) is 18.4. The van der Waals surface area contributed by atoms with E-state index in [1.165, 1.54) is 12.3 Å². The first-order chi connectivity index (χ1) is 11.9. The summed E-state index contributed by atoms with van der Waals surface area (Å²) in [5.41, 5.74) is 1.40. The third kappa shape index (κ3) is 4.47. The molecule has 0 aliphatic rings. The first-order valence-electron chi connectivity index (χ1n) is 7.71. The Morgan fingerprint density at radius 3 is 2.52 bits per heavy atom. The Labute approximate surface area is 144 Å². The molecule has 2 aromatic rings. The summed E-state index contributed by atoms with van der Waals surface area (Å²) in [7, 11) is 0. The third-order valence-corrected chi connectivity index (χ3v) is 3.41. The van der Waals surface area contributed by atoms with Gasteiger partial charge in [-0.2, -0.15) is 0 Å². The van der Waals surface area contributed by atoms with Gasteiger partial charge in [-0.3, -0.25) is 4.79 Å². The van der Waals surface area contributed by atoms with Crippen LogP contribution in [0.5, 0.6) is 0 Å². The van der Waals surface area contributed by atoms with Gasteiger partial charge in [0.15, 0.2) is 6.61 Å². The number of ether oxygens (including phenoxy) is 2. The monoisotopic (exact) mass is 345 g/mol. The highest BCUT2D eigenvalue weighted by atomic mass is 16.5. The normalized spacial score (nSPS) is 10.8. The summed E-state index contributed by atoms with van der Waals surface area (Å²) in [6.07, 6.45) is 4.07. The lowest BCUT2D eigenvalue weighted by molar-refractivity contribution is -0.136. The summed E-state index contributed by atoms with van der Waals surface area (Å²) in [6, 6.07) is 3.36. The Morgan fingerprint density at radius 2 is 1.88 bits per heavy atom. The van der Waals surface area contributed by atoms with Gasteiger partial charge >= 0.3 is 11.9 Å². The first-order valence-corrected chi connectivity index (χ1v) is 7.71. The van der Waals surface area contributed by atoms with Crippen molar-refractivity contribution in [1.82, 2.24) is 4.98 Å². The van der Waals surface area contributed by atoms with Gasteiger partial charge < -0.3 is 18.9 Å². The molecule has 0 bridgehead atoms. The van der Waals surface area contributed by atoms with Crippen LogP contribution in [0.4, 0.5) is 0 Å². The van der Waals surface area contributed by atoms with Crippen LogP contribution >= 0.6 is 0 Å². The van der Waals surface area contributed by atoms with Gasteiger partial charge in [0.05, 0.1) is 24.0 Å². The number of furan rings is 1. The van der Waals surface area contributed by atoms with E-state index in [0.717, 1.165) is 6.08 Å². The van der Waals surface area contributed by atoms with E-state index >= 15 is 0 Å². The largest absolute Gasteiger partial charge is 0.465 e. The van der Waals surface area contributed by atoms with Crippen LogP contribution in [0.3, 0.4) is 0 Å². The van der Waals surface area contributed by atoms with Crippen LogP contribution in [0.2, 0.25) is 0 Å². The number of esters is 2. The van der Waals surface area contributed by atoms with E-state index in [4.69, 9.17) is 13.9 Å². The molecule has 0 radical (unpaired) electrons. The third-order valence-electron chi connectivity index (χ3n) is 3.41. The van der Waals surface area contributed by atoms with Gasteiger partial charge in [0.25, 0.3) is 0 Å². The highest BCUT2D eigenvalue weighted by Crippen LogP contribution is 2.20. The van der Waals surface area contributed by atoms with E-state index in [9.17, 15) is 14.4 Å². The van der Waals surface area contributed by atoms with Gasteiger partial charge in [0, 0.05) is 17.5 Å². The maximum absolute atomic E-state index is 12.4. The summed E-state index contributed by atoms with van der Waals surface area (Å²) >= 11 is 0. The van der Waals surface area contributed by atoms with Gasteiger partial charge in [-0.05, 0) is 39.0 Å². The quantitative estimate of drug-likeness (QED) is 0.471. The van der Waals surface area contributed by atoms with Crippen LogP contribution in [0.15, 0.2) is 28.9 Å². The summed E-state index contributed by atoms with van der Waals surface area (Å²) in [4.78, 5) is 39.1. The minimum Gasteiger partial charge on any atom is -0.465 e. The predicted molar refractivity (Wildman–Crippen MR) is 89.3 cm³/mol. The predicted octanol–water partition coefficient (Wildman–Crippen LogP) is 2.84. The molecule has 1 N–H and O–H groups in total. The molecule has 0 saturated heterocycles. The standard InChI is InChI=1S/C18H19NO6/c1-4-23-18(22)17-12(3)19-11(2)16(17)14(20)10-25-15(21)8-7-13-6-5-9-24-13/h5-9,19H,4,10H2,1-3H3/b8-7+. The van der Waals surface area contributed by atoms with Crippen LogP contribution < -0.4 is 0 Å². The molecular formula is C18H19NO6. The molecule has 0 aliphatic carbocycles. The van der Waals surface area contributed by atoms with E-state index in [0.29, 0.717) is 17.1 Å². The van der Waals surface area contributed by atoms with Gasteiger partial charge in [-0.1, -0.05) is 0 Å². The zero-order valence-electron chi connectivity index (χ0n) is 14.3. The van der Waals surface area contributed by atoms with Crippen LogP contribution in [0.25, 0.3) is 6.08 Å². The van der Waals surface area contributed by atoms with E-state index in [-0.39, 0.29) is 17.7 Å². The average molecular weight is 345 g/mol. The second kappa shape index (κ2) is 8.14. The van der Waals surface area contributed by atoms with Crippen molar-refractivity contribution in [3.8, 4) is 0 Å². The fourth-order valence-corrected chi connectivity index (χ4v) is 2.38. The van der Waals surface area contributed by atoms with Gasteiger partial charge in [-0.15, -0.1) is 0 Å². The first kappa shape index (κ1) is 18.3. The van der Waals surface area contributed by atoms with Crippen molar-refractivity contribution in [3.05, 3.63) is 52.7 Å². The second-order valence-corrected chi connectivity index (χ2v) is 5.23. The van der Waals surface area contributed by atoms with Crippen molar-refractivity contribution in [2.75, 3.05) is 13.2 Å². The molecule has 0 saturated carbocycles. The lowest BCUT2D eigenvalue weighted by Gasteiger charge is -2.06. The van der Waals surface area contributed by atoms with E-state index in [2.05, 4.69) is 4.98 Å². The molecule has 0 atom stereocenters. The van der Waals surface area contributed by atoms with Crippen LogP contribution in [0.1, 0.15) is 44.8 Å². The second-order valence-electron chi connectivity index (χ2n) is 5.23. The van der Waals surface area contributed by atoms with Gasteiger partial charge in [-0.25, -0.2) is 9.59 Å². The summed E-state index contributed by atoms with van der Waals surface area (Å²) in [5.74, 6) is -1.27. The molecule has 7 nitrogen and oxygen atoms in total. The molecule has 2 heterocycles. The fraction of sp³-hybridized carbons (Fsp3) is 0.278. The number of carbonyl (C=O) groups is 3. The number of hydrogen-bond donors (Lipinski definition) is 1. The number of aromatic amines is 1. The summed E-state index contributed by atoms with van der Waals surface area (Å²) < 4.78 is 15.0. The summed E-state index contributed by atoms with van der Waals surface area (Å²) in [6.45, 7) is 4.74. The molecule has 2 aromatic heterocycles. The molecular weight excluding hydrogens is 326 g/mol. The Hall–Kier alpha value is -3.09. The summed E-state index contributed by atoms with van der Waals surface area (Å²) in [5, 5.41) is 0. The minimum absolute atomic E-state index is 0.173. The van der Waals surface area contributed by atoms with E-state index in [1.54, 1.807) is 32.9 Å². The van der Waals surface area contributed by atoms with E-state index in [1.807, 2.05) is 0 Å². The van der Waals surface area contributed by atoms with E-state index < -0.39 is 24.3 Å². The number of nitrogens with one attached hydrogen (secondary N) is 1. The number of ketones is 1. The fourth-order valence-electron chi connectivity index (χ4n) is 2.38. The van der Waals surface area contributed by atoms with Crippen LogP contribution in [0, 0.1) is 13.8 Å². The van der Waals surface area contributed by atoms with Crippen molar-refractivity contribution >= 4 is 23.8 Å². The number of aromatic nitrogens is 1. The highest BCUT2D eigenvalue weighted by Gasteiger charge is 2.25. The SMILES string of the molecule is CCOC(=O)c1c(C)[nH]c(C)c1C(=O)COC(=O)/C=C/c1ccco1. The van der Waals surface area contributed by atoms with Gasteiger partial charge in [0.1, 0.15) is 5.76 Å². The maximum Gasteiger partial charge on any atom is 0.340 e. The topological polar surface area (TPSA) is 98.6 Å². The minimum atomic E-state index is -0.688. The average Bonchev–Trinajstić information content (AvgIpc) is 3.18. The molecule has 0 spiro atoms. The molecule has 132 valence electrons. The Balaban J connectivity index is 2.06. The van der Waals surface area contributed by atoms with Crippen molar-refractivity contribution in [3.63, 3.8) is 0 Å². The Morgan fingerprint density at radius 1 is 1.16 bits per heavy atom. The van der Waals surface area contributed by atoms with Crippen LogP contribution in [-0.4, -0.2) is 35.9 Å². The number of H-pyrrole nitrogens is 1. The zero-order valence-corrected chi connectivity index (χ0v) is 14.3. The molecule has 25 heavy (non-hydrogen) atoms. The number of rotatable bonds is 7. The molecule has 0 aliphatic heterocycles. The van der Waals surface area contributed by atoms with Crippen molar-refractivity contribution < 1.29 is 28.3 Å². The number of Topliss-reactive ketones (excluding diaryl/α,β-unsaturated/α-hetero) is 1. The van der Waals surface area contributed by atoms with Crippen molar-refractivity contribution in [1.29, 1.82) is 0 Å². The molecule has 0 fully saturated rings. The van der Waals surface area contributed by atoms with Crippen molar-refractivity contribution in [2.24, 2.45) is 0 Å².